The number of hydrogen-bond acceptors (Lipinski definition) is 9. The van der Waals surface area contributed by atoms with Crippen molar-refractivity contribution in [3.8, 4) is 0 Å². The second-order valence-corrected chi connectivity index (χ2v) is 13.3. The topological polar surface area (TPSA) is 171 Å². The minimum absolute atomic E-state index is 0.311. The maximum atomic E-state index is 12.7. The first kappa shape index (κ1) is 35.0. The van der Waals surface area contributed by atoms with Gasteiger partial charge in [-0.3, -0.25) is 0 Å². The molecule has 0 aliphatic rings. The standard InChI is InChI=1S/C27H40O4.H4O5P2/c1-18-9-11-20(24(3,4)5)22(13-18)27(31,26(15-28,16-29)17-30)23-14-19(2)10-12-21(23)25(6,7)8;1-6(2)5-7(3)4/h9-14,28-31H,15-17H2,1-8H3;1-4H. The van der Waals surface area contributed by atoms with Crippen LogP contribution in [0.5, 0.6) is 0 Å². The van der Waals surface area contributed by atoms with E-state index in [1.54, 1.807) is 0 Å². The molecule has 0 aromatic heterocycles. The van der Waals surface area contributed by atoms with E-state index < -0.39 is 48.0 Å². The number of hydrogen-bond donors (Lipinski definition) is 8. The summed E-state index contributed by atoms with van der Waals surface area (Å²) in [7, 11) is -5.22. The molecule has 0 atom stereocenters. The summed E-state index contributed by atoms with van der Waals surface area (Å²) in [6.45, 7) is 14.6. The van der Waals surface area contributed by atoms with E-state index in [-0.39, 0.29) is 10.8 Å². The molecule has 0 radical (unpaired) electrons. The molecule has 0 saturated heterocycles. The summed E-state index contributed by atoms with van der Waals surface area (Å²) in [4.78, 5) is 31.3. The highest BCUT2D eigenvalue weighted by Crippen LogP contribution is 2.51. The number of aliphatic hydroxyl groups is 4. The van der Waals surface area contributed by atoms with E-state index in [9.17, 15) is 20.4 Å². The molecule has 0 bridgehead atoms. The van der Waals surface area contributed by atoms with Gasteiger partial charge in [0.2, 0.25) is 0 Å². The largest absolute Gasteiger partial charge is 0.395 e. The van der Waals surface area contributed by atoms with E-state index in [0.717, 1.165) is 22.3 Å². The fourth-order valence-corrected chi connectivity index (χ4v) is 5.02. The summed E-state index contributed by atoms with van der Waals surface area (Å²) >= 11 is 0. The molecule has 9 nitrogen and oxygen atoms in total. The third-order valence-electron chi connectivity index (χ3n) is 6.57. The van der Waals surface area contributed by atoms with E-state index in [2.05, 4.69) is 45.9 Å². The maximum absolute atomic E-state index is 12.7. The molecule has 0 saturated carbocycles. The second-order valence-electron chi connectivity index (χ2n) is 11.7. The molecule has 0 aliphatic heterocycles. The Morgan fingerprint density at radius 1 is 0.605 bits per heavy atom. The molecule has 8 N–H and O–H groups in total. The van der Waals surface area contributed by atoms with Crippen LogP contribution in [0.1, 0.15) is 74.9 Å². The summed E-state index contributed by atoms with van der Waals surface area (Å²) in [5.41, 5.74) is 0.889. The lowest BCUT2D eigenvalue weighted by atomic mass is 9.60. The minimum atomic E-state index is -2.61. The van der Waals surface area contributed by atoms with Gasteiger partial charge in [0.25, 0.3) is 0 Å². The van der Waals surface area contributed by atoms with Crippen LogP contribution in [0.25, 0.3) is 0 Å². The minimum Gasteiger partial charge on any atom is -0.395 e. The second kappa shape index (κ2) is 13.5. The van der Waals surface area contributed by atoms with E-state index in [1.165, 1.54) is 0 Å². The molecular weight excluding hydrogens is 530 g/mol. The molecule has 0 heterocycles. The zero-order chi connectivity index (χ0) is 29.7. The van der Waals surface area contributed by atoms with Gasteiger partial charge in [0.1, 0.15) is 5.60 Å². The summed E-state index contributed by atoms with van der Waals surface area (Å²) in [5, 5.41) is 44.2. The predicted molar refractivity (Wildman–Crippen MR) is 150 cm³/mol. The lowest BCUT2D eigenvalue weighted by molar-refractivity contribution is -0.137. The van der Waals surface area contributed by atoms with Crippen LogP contribution in [0.15, 0.2) is 36.4 Å². The predicted octanol–water partition coefficient (Wildman–Crippen LogP) is 3.52. The average Bonchev–Trinajstić information content (AvgIpc) is 2.78. The Morgan fingerprint density at radius 3 is 1.13 bits per heavy atom. The van der Waals surface area contributed by atoms with Crippen LogP contribution >= 0.6 is 17.2 Å². The van der Waals surface area contributed by atoms with Crippen molar-refractivity contribution in [3.63, 3.8) is 0 Å². The molecule has 216 valence electrons. The Morgan fingerprint density at radius 2 is 0.921 bits per heavy atom. The fourth-order valence-electron chi connectivity index (χ4n) is 4.50. The summed E-state index contributed by atoms with van der Waals surface area (Å²) < 4.78 is 3.60. The van der Waals surface area contributed by atoms with Crippen LogP contribution < -0.4 is 0 Å². The van der Waals surface area contributed by atoms with Gasteiger partial charge in [-0.05, 0) is 46.9 Å². The number of aliphatic hydroxyl groups excluding tert-OH is 3. The fraction of sp³-hybridized carbons (Fsp3) is 0.556. The van der Waals surface area contributed by atoms with Gasteiger partial charge in [-0.15, -0.1) is 0 Å². The van der Waals surface area contributed by atoms with E-state index in [4.69, 9.17) is 19.6 Å². The van der Waals surface area contributed by atoms with Crippen LogP contribution in [0.2, 0.25) is 0 Å². The number of benzene rings is 2. The SMILES string of the molecule is Cc1ccc(C(C)(C)C)c(C(O)(c2cc(C)ccc2C(C)(C)C)C(CO)(CO)CO)c1.OP(O)OP(O)O. The van der Waals surface area contributed by atoms with Gasteiger partial charge in [0.15, 0.2) is 0 Å². The molecule has 0 spiro atoms. The van der Waals surface area contributed by atoms with Crippen molar-refractivity contribution in [2.75, 3.05) is 19.8 Å². The van der Waals surface area contributed by atoms with Crippen LogP contribution in [0.3, 0.4) is 0 Å². The van der Waals surface area contributed by atoms with Gasteiger partial charge in [-0.2, -0.15) is 0 Å². The zero-order valence-electron chi connectivity index (χ0n) is 23.5. The normalized spacial score (nSPS) is 13.1. The molecular formula is C27H44O9P2. The third-order valence-corrected chi connectivity index (χ3v) is 7.74. The molecule has 0 aliphatic carbocycles. The van der Waals surface area contributed by atoms with Gasteiger partial charge in [0, 0.05) is 0 Å². The van der Waals surface area contributed by atoms with Crippen molar-refractivity contribution in [3.05, 3.63) is 69.8 Å². The Labute approximate surface area is 228 Å². The maximum Gasteiger partial charge on any atom is 0.334 e. The van der Waals surface area contributed by atoms with Crippen molar-refractivity contribution >= 4 is 17.2 Å². The highest BCUT2D eigenvalue weighted by Gasteiger charge is 2.55. The molecule has 0 unspecified atom stereocenters. The van der Waals surface area contributed by atoms with Gasteiger partial charge in [-0.1, -0.05) is 89.1 Å². The molecule has 0 amide bonds. The first-order valence-electron chi connectivity index (χ1n) is 12.1. The smallest absolute Gasteiger partial charge is 0.334 e. The summed E-state index contributed by atoms with van der Waals surface area (Å²) in [5.74, 6) is 0. The van der Waals surface area contributed by atoms with Crippen LogP contribution in [0, 0.1) is 19.3 Å². The van der Waals surface area contributed by atoms with Crippen molar-refractivity contribution in [1.29, 1.82) is 0 Å². The lowest BCUT2D eigenvalue weighted by Crippen LogP contribution is -2.55. The Kier molecular flexibility index (Phi) is 12.5. The molecule has 0 fully saturated rings. The zero-order valence-corrected chi connectivity index (χ0v) is 25.3. The van der Waals surface area contributed by atoms with E-state index in [1.807, 2.05) is 50.2 Å². The molecule has 38 heavy (non-hydrogen) atoms. The molecule has 2 aromatic rings. The van der Waals surface area contributed by atoms with Crippen molar-refractivity contribution in [2.45, 2.75) is 71.8 Å². The molecule has 2 rings (SSSR count). The van der Waals surface area contributed by atoms with Crippen LogP contribution in [0.4, 0.5) is 0 Å². The van der Waals surface area contributed by atoms with Gasteiger partial charge >= 0.3 is 17.2 Å². The first-order chi connectivity index (χ1) is 17.3. The first-order valence-corrected chi connectivity index (χ1v) is 14.5. The van der Waals surface area contributed by atoms with Crippen LogP contribution in [-0.4, -0.2) is 59.8 Å². The highest BCUT2D eigenvalue weighted by molar-refractivity contribution is 7.53. The van der Waals surface area contributed by atoms with Gasteiger partial charge < -0.3 is 40.0 Å². The number of aryl methyl sites for hydroxylation is 2. The quantitative estimate of drug-likeness (QED) is 0.220. The summed E-state index contributed by atoms with van der Waals surface area (Å²) in [6, 6.07) is 11.8. The Hall–Kier alpha value is -1.06. The third kappa shape index (κ3) is 8.00. The van der Waals surface area contributed by atoms with Gasteiger partial charge in [-0.25, -0.2) is 4.31 Å². The van der Waals surface area contributed by atoms with Crippen molar-refractivity contribution in [1.82, 2.24) is 0 Å². The van der Waals surface area contributed by atoms with Crippen molar-refractivity contribution < 1.29 is 44.3 Å². The van der Waals surface area contributed by atoms with E-state index >= 15 is 0 Å². The average molecular weight is 575 g/mol. The lowest BCUT2D eigenvalue weighted by Gasteiger charge is -2.48. The van der Waals surface area contributed by atoms with E-state index in [0.29, 0.717) is 11.1 Å². The van der Waals surface area contributed by atoms with Crippen molar-refractivity contribution in [2.24, 2.45) is 5.41 Å². The Bertz CT molecular complexity index is 962. The highest BCUT2D eigenvalue weighted by atomic mass is 31.2. The van der Waals surface area contributed by atoms with Gasteiger partial charge in [0.05, 0.1) is 25.2 Å². The molecule has 2 aromatic carbocycles. The van der Waals surface area contributed by atoms with Crippen LogP contribution in [-0.2, 0) is 20.7 Å². The molecule has 11 heteroatoms. The Balaban J connectivity index is 0.000000905. The summed E-state index contributed by atoms with van der Waals surface area (Å²) in [6.07, 6.45) is 0. The monoisotopic (exact) mass is 574 g/mol. The number of rotatable bonds is 8.